The molecule has 1 aliphatic heterocycles. The number of methoxy groups -OCH3 is 1. The highest BCUT2D eigenvalue weighted by Gasteiger charge is 2.37. The minimum Gasteiger partial charge on any atom is -0.496 e. The summed E-state index contributed by atoms with van der Waals surface area (Å²) in [6.45, 7) is 4.21. The van der Waals surface area contributed by atoms with Gasteiger partial charge in [-0.3, -0.25) is 4.90 Å². The van der Waals surface area contributed by atoms with Crippen molar-refractivity contribution in [3.8, 4) is 5.75 Å². The molecule has 0 aromatic heterocycles. The second-order valence-corrected chi connectivity index (χ2v) is 6.35. The second-order valence-electron chi connectivity index (χ2n) is 6.35. The molecule has 0 amide bonds. The van der Waals surface area contributed by atoms with Gasteiger partial charge in [-0.2, -0.15) is 0 Å². The second kappa shape index (κ2) is 5.74. The molecule has 0 bridgehead atoms. The van der Waals surface area contributed by atoms with E-state index >= 15 is 0 Å². The summed E-state index contributed by atoms with van der Waals surface area (Å²) in [4.78, 5) is 2.53. The van der Waals surface area contributed by atoms with Crippen molar-refractivity contribution in [1.29, 1.82) is 0 Å². The minimum absolute atomic E-state index is 0.242. The van der Waals surface area contributed by atoms with E-state index in [1.165, 1.54) is 56.3 Å². The fourth-order valence-corrected chi connectivity index (χ4v) is 3.63. The van der Waals surface area contributed by atoms with Crippen LogP contribution in [0, 0.1) is 0 Å². The van der Waals surface area contributed by atoms with E-state index in [1.807, 2.05) is 0 Å². The van der Waals surface area contributed by atoms with Gasteiger partial charge in [0, 0.05) is 24.1 Å². The molecule has 1 aliphatic carbocycles. The Labute approximate surface area is 122 Å². The molecule has 0 radical (unpaired) electrons. The van der Waals surface area contributed by atoms with Crippen molar-refractivity contribution in [3.63, 3.8) is 0 Å². The molecule has 1 aromatic carbocycles. The molecule has 3 rings (SSSR count). The lowest BCUT2D eigenvalue weighted by Crippen LogP contribution is -2.41. The Bertz CT molecular complexity index is 457. The van der Waals surface area contributed by atoms with Crippen LogP contribution in [0.4, 0.5) is 0 Å². The first-order chi connectivity index (χ1) is 9.77. The van der Waals surface area contributed by atoms with Crippen molar-refractivity contribution >= 4 is 0 Å². The summed E-state index contributed by atoms with van der Waals surface area (Å²) in [5, 5.41) is 0. The number of rotatable bonds is 5. The maximum absolute atomic E-state index is 6.04. The van der Waals surface area contributed by atoms with E-state index in [2.05, 4.69) is 23.1 Å². The summed E-state index contributed by atoms with van der Waals surface area (Å²) < 4.78 is 5.55. The summed E-state index contributed by atoms with van der Waals surface area (Å²) in [7, 11) is 1.77. The first kappa shape index (κ1) is 13.9. The first-order valence-electron chi connectivity index (χ1n) is 7.87. The van der Waals surface area contributed by atoms with Crippen LogP contribution in [0.25, 0.3) is 0 Å². The van der Waals surface area contributed by atoms with Crippen molar-refractivity contribution < 1.29 is 4.74 Å². The van der Waals surface area contributed by atoms with Crippen LogP contribution in [0.3, 0.4) is 0 Å². The highest BCUT2D eigenvalue weighted by molar-refractivity contribution is 5.41. The Balaban J connectivity index is 1.86. The van der Waals surface area contributed by atoms with Crippen LogP contribution >= 0.6 is 0 Å². The molecule has 0 atom stereocenters. The van der Waals surface area contributed by atoms with Crippen molar-refractivity contribution in [1.82, 2.24) is 4.90 Å². The molecule has 3 nitrogen and oxygen atoms in total. The smallest absolute Gasteiger partial charge is 0.123 e. The lowest BCUT2D eigenvalue weighted by atomic mass is 9.64. The lowest BCUT2D eigenvalue weighted by molar-refractivity contribution is 0.252. The third-order valence-corrected chi connectivity index (χ3v) is 5.19. The zero-order chi connectivity index (χ0) is 14.0. The van der Waals surface area contributed by atoms with Crippen molar-refractivity contribution in [2.24, 2.45) is 5.73 Å². The number of nitrogens with two attached hydrogens (primary N) is 1. The van der Waals surface area contributed by atoms with E-state index < -0.39 is 0 Å². The predicted octanol–water partition coefficient (Wildman–Crippen LogP) is 2.67. The zero-order valence-electron chi connectivity index (χ0n) is 12.5. The Morgan fingerprint density at radius 3 is 2.50 bits per heavy atom. The zero-order valence-corrected chi connectivity index (χ0v) is 12.5. The highest BCUT2D eigenvalue weighted by Crippen LogP contribution is 2.44. The largest absolute Gasteiger partial charge is 0.496 e. The number of benzene rings is 1. The van der Waals surface area contributed by atoms with E-state index in [4.69, 9.17) is 10.5 Å². The predicted molar refractivity (Wildman–Crippen MR) is 82.1 cm³/mol. The molecular formula is C17H26N2O. The third-order valence-electron chi connectivity index (χ3n) is 5.19. The van der Waals surface area contributed by atoms with Crippen LogP contribution in [-0.2, 0) is 12.0 Å². The SMILES string of the molecule is COc1ccc(C2(CN)CCC2)cc1CN1CCCC1. The summed E-state index contributed by atoms with van der Waals surface area (Å²) in [6, 6.07) is 6.71. The van der Waals surface area contributed by atoms with Gasteiger partial charge in [0.05, 0.1) is 7.11 Å². The molecule has 1 saturated heterocycles. The van der Waals surface area contributed by atoms with Gasteiger partial charge in [-0.25, -0.2) is 0 Å². The van der Waals surface area contributed by atoms with Gasteiger partial charge in [-0.15, -0.1) is 0 Å². The van der Waals surface area contributed by atoms with Crippen molar-refractivity contribution in [2.75, 3.05) is 26.7 Å². The quantitative estimate of drug-likeness (QED) is 0.897. The molecule has 2 fully saturated rings. The van der Waals surface area contributed by atoms with Crippen LogP contribution in [0.2, 0.25) is 0 Å². The van der Waals surface area contributed by atoms with Gasteiger partial charge in [0.2, 0.25) is 0 Å². The molecule has 2 N–H and O–H groups in total. The topological polar surface area (TPSA) is 38.5 Å². The minimum atomic E-state index is 0.242. The third kappa shape index (κ3) is 2.45. The number of nitrogens with zero attached hydrogens (tertiary/aromatic N) is 1. The average Bonchev–Trinajstić information content (AvgIpc) is 2.91. The van der Waals surface area contributed by atoms with Gasteiger partial charge in [0.1, 0.15) is 5.75 Å². The molecular weight excluding hydrogens is 248 g/mol. The summed E-state index contributed by atoms with van der Waals surface area (Å²) in [5.41, 5.74) is 9.03. The normalized spacial score (nSPS) is 21.7. The maximum Gasteiger partial charge on any atom is 0.123 e. The summed E-state index contributed by atoms with van der Waals surface area (Å²) in [6.07, 6.45) is 6.44. The lowest BCUT2D eigenvalue weighted by Gasteiger charge is -2.42. The van der Waals surface area contributed by atoms with E-state index in [1.54, 1.807) is 7.11 Å². The molecule has 1 saturated carbocycles. The molecule has 20 heavy (non-hydrogen) atoms. The number of hydrogen-bond acceptors (Lipinski definition) is 3. The Kier molecular flexibility index (Phi) is 3.99. The van der Waals surface area contributed by atoms with Crippen molar-refractivity contribution in [3.05, 3.63) is 29.3 Å². The highest BCUT2D eigenvalue weighted by atomic mass is 16.5. The molecule has 0 spiro atoms. The van der Waals surface area contributed by atoms with E-state index in [0.29, 0.717) is 0 Å². The fraction of sp³-hybridized carbons (Fsp3) is 0.647. The van der Waals surface area contributed by atoms with E-state index in [-0.39, 0.29) is 5.41 Å². The standard InChI is InChI=1S/C17H26N2O/c1-20-16-6-5-15(17(13-18)7-4-8-17)11-14(16)12-19-9-2-3-10-19/h5-6,11H,2-4,7-10,12-13,18H2,1H3. The number of ether oxygens (including phenoxy) is 1. The molecule has 2 aliphatic rings. The van der Waals surface area contributed by atoms with Crippen LogP contribution in [0.5, 0.6) is 5.75 Å². The first-order valence-corrected chi connectivity index (χ1v) is 7.87. The monoisotopic (exact) mass is 274 g/mol. The number of likely N-dealkylation sites (tertiary alicyclic amines) is 1. The van der Waals surface area contributed by atoms with E-state index in [9.17, 15) is 0 Å². The molecule has 1 aromatic rings. The van der Waals surface area contributed by atoms with Gasteiger partial charge in [0.15, 0.2) is 0 Å². The number of hydrogen-bond donors (Lipinski definition) is 1. The molecule has 110 valence electrons. The van der Waals surface area contributed by atoms with Crippen LogP contribution in [0.15, 0.2) is 18.2 Å². The Morgan fingerprint density at radius 2 is 1.95 bits per heavy atom. The Morgan fingerprint density at radius 1 is 1.20 bits per heavy atom. The summed E-state index contributed by atoms with van der Waals surface area (Å²) >= 11 is 0. The van der Waals surface area contributed by atoms with Gasteiger partial charge in [0.25, 0.3) is 0 Å². The van der Waals surface area contributed by atoms with Crippen LogP contribution in [-0.4, -0.2) is 31.6 Å². The van der Waals surface area contributed by atoms with Gasteiger partial charge >= 0.3 is 0 Å². The average molecular weight is 274 g/mol. The van der Waals surface area contributed by atoms with E-state index in [0.717, 1.165) is 18.8 Å². The molecule has 3 heteroatoms. The van der Waals surface area contributed by atoms with Gasteiger partial charge < -0.3 is 10.5 Å². The summed E-state index contributed by atoms with van der Waals surface area (Å²) in [5.74, 6) is 1.02. The Hall–Kier alpha value is -1.06. The molecule has 1 heterocycles. The fourth-order valence-electron chi connectivity index (χ4n) is 3.63. The maximum atomic E-state index is 6.04. The van der Waals surface area contributed by atoms with Crippen LogP contribution < -0.4 is 10.5 Å². The van der Waals surface area contributed by atoms with Crippen LogP contribution in [0.1, 0.15) is 43.2 Å². The van der Waals surface area contributed by atoms with Crippen molar-refractivity contribution in [2.45, 2.75) is 44.1 Å². The van der Waals surface area contributed by atoms with Gasteiger partial charge in [-0.1, -0.05) is 18.6 Å². The molecule has 0 unspecified atom stereocenters. The van der Waals surface area contributed by atoms with Gasteiger partial charge in [-0.05, 0) is 50.4 Å².